The minimum atomic E-state index is -0.585. The van der Waals surface area contributed by atoms with Crippen molar-refractivity contribution in [2.45, 2.75) is 36.1 Å². The van der Waals surface area contributed by atoms with Gasteiger partial charge >= 0.3 is 10.8 Å². The fourth-order valence-corrected chi connectivity index (χ4v) is 11.5. The standard InChI is InChI=1S/C35H28ClN3O8S2/c1-2-46-34(42)17-6-8-19(9-7-17)38-32(40)27-22-14-23(28(27)33(38)41)29-26(22)25(30-31(48-29)37-35(43)49-30)21-13-20(39(44)45)10-11-24(21)47-15-16-4-3-5-18(36)12-16/h3-13,22-23,25-29H,2,14-15H2,1H3,(H,37,43)/t22-,23-,25?,26?,27?,28?,29?/m1/s1. The summed E-state index contributed by atoms with van der Waals surface area (Å²) in [5, 5.41) is 13.1. The number of fused-ring (bicyclic) bond motifs is 9. The number of imide groups is 1. The molecular weight excluding hydrogens is 690 g/mol. The van der Waals surface area contributed by atoms with Gasteiger partial charge in [0.15, 0.2) is 0 Å². The molecule has 3 heterocycles. The smallest absolute Gasteiger partial charge is 0.338 e. The number of nitro groups is 1. The van der Waals surface area contributed by atoms with Gasteiger partial charge in [0, 0.05) is 38.8 Å². The largest absolute Gasteiger partial charge is 0.489 e. The normalized spacial score (nSPS) is 26.3. The van der Waals surface area contributed by atoms with Crippen LogP contribution in [-0.4, -0.2) is 39.5 Å². The Bertz CT molecular complexity index is 2100. The number of benzene rings is 3. The highest BCUT2D eigenvalue weighted by Gasteiger charge is 2.70. The third-order valence-electron chi connectivity index (χ3n) is 10.2. The molecule has 8 rings (SSSR count). The number of non-ortho nitro benzene ring substituents is 1. The molecule has 2 aliphatic heterocycles. The highest BCUT2D eigenvalue weighted by molar-refractivity contribution is 8.00. The highest BCUT2D eigenvalue weighted by Crippen LogP contribution is 2.69. The number of rotatable bonds is 8. The maximum Gasteiger partial charge on any atom is 0.338 e. The molecule has 11 nitrogen and oxygen atoms in total. The van der Waals surface area contributed by atoms with Crippen LogP contribution in [0.5, 0.6) is 5.75 Å². The van der Waals surface area contributed by atoms with E-state index >= 15 is 0 Å². The van der Waals surface area contributed by atoms with E-state index in [0.717, 1.165) is 21.8 Å². The molecule has 2 saturated carbocycles. The molecule has 5 unspecified atom stereocenters. The van der Waals surface area contributed by atoms with E-state index in [2.05, 4.69) is 4.98 Å². The average molecular weight is 718 g/mol. The number of anilines is 1. The summed E-state index contributed by atoms with van der Waals surface area (Å²) in [6.07, 6.45) is 0.647. The lowest BCUT2D eigenvalue weighted by Crippen LogP contribution is -2.42. The van der Waals surface area contributed by atoms with Crippen molar-refractivity contribution < 1.29 is 28.8 Å². The van der Waals surface area contributed by atoms with Gasteiger partial charge in [0.2, 0.25) is 11.8 Å². The number of carbonyl (C=O) groups excluding carboxylic acids is 3. The quantitative estimate of drug-likeness (QED) is 0.0942. The molecule has 49 heavy (non-hydrogen) atoms. The monoisotopic (exact) mass is 717 g/mol. The average Bonchev–Trinajstić information content (AvgIpc) is 3.82. The lowest BCUT2D eigenvalue weighted by molar-refractivity contribution is -0.385. The first kappa shape index (κ1) is 31.8. The summed E-state index contributed by atoms with van der Waals surface area (Å²) in [7, 11) is 0. The number of esters is 1. The number of thiazole rings is 1. The summed E-state index contributed by atoms with van der Waals surface area (Å²) in [5.74, 6) is -2.80. The third-order valence-corrected chi connectivity index (χ3v) is 13.0. The van der Waals surface area contributed by atoms with Gasteiger partial charge in [0.05, 0.1) is 39.6 Å². The van der Waals surface area contributed by atoms with Gasteiger partial charge in [-0.1, -0.05) is 35.1 Å². The summed E-state index contributed by atoms with van der Waals surface area (Å²) in [4.78, 5) is 69.5. The fraction of sp³-hybridized carbons (Fsp3) is 0.314. The molecule has 1 saturated heterocycles. The van der Waals surface area contributed by atoms with Gasteiger partial charge < -0.3 is 14.5 Å². The molecule has 3 aromatic carbocycles. The Balaban J connectivity index is 1.18. The maximum atomic E-state index is 14.2. The molecule has 2 amide bonds. The van der Waals surface area contributed by atoms with Gasteiger partial charge in [0.1, 0.15) is 12.4 Å². The number of aromatic nitrogens is 1. The minimum absolute atomic E-state index is 0.116. The second kappa shape index (κ2) is 12.1. The van der Waals surface area contributed by atoms with Gasteiger partial charge in [-0.2, -0.15) is 0 Å². The third kappa shape index (κ3) is 5.17. The van der Waals surface area contributed by atoms with E-state index in [-0.39, 0.29) is 58.6 Å². The van der Waals surface area contributed by atoms with Crippen molar-refractivity contribution in [1.82, 2.24) is 4.98 Å². The Morgan fingerprint density at radius 3 is 2.51 bits per heavy atom. The van der Waals surface area contributed by atoms with Gasteiger partial charge in [-0.3, -0.25) is 29.4 Å². The van der Waals surface area contributed by atoms with Crippen LogP contribution >= 0.6 is 34.7 Å². The maximum absolute atomic E-state index is 14.2. The molecule has 4 aromatic rings. The number of hydrogen-bond donors (Lipinski definition) is 1. The fourth-order valence-electron chi connectivity index (χ4n) is 8.39. The van der Waals surface area contributed by atoms with Crippen LogP contribution in [0.3, 0.4) is 0 Å². The molecule has 2 aliphatic carbocycles. The zero-order chi connectivity index (χ0) is 34.1. The zero-order valence-corrected chi connectivity index (χ0v) is 28.3. The Kier molecular flexibility index (Phi) is 7.88. The minimum Gasteiger partial charge on any atom is -0.489 e. The molecule has 2 bridgehead atoms. The van der Waals surface area contributed by atoms with Crippen LogP contribution in [0, 0.1) is 39.7 Å². The van der Waals surface area contributed by atoms with Crippen molar-refractivity contribution in [2.75, 3.05) is 11.5 Å². The Labute approximate surface area is 292 Å². The van der Waals surface area contributed by atoms with Crippen molar-refractivity contribution in [3.63, 3.8) is 0 Å². The topological polar surface area (TPSA) is 149 Å². The lowest BCUT2D eigenvalue weighted by Gasteiger charge is -2.43. The van der Waals surface area contributed by atoms with Gasteiger partial charge in [0.25, 0.3) is 5.69 Å². The van der Waals surface area contributed by atoms with Crippen LogP contribution in [0.2, 0.25) is 5.02 Å². The number of nitrogens with zero attached hydrogens (tertiary/aromatic N) is 2. The van der Waals surface area contributed by atoms with E-state index in [1.807, 2.05) is 12.1 Å². The number of nitro benzene ring substituents is 1. The van der Waals surface area contributed by atoms with Gasteiger partial charge in [-0.15, -0.1) is 11.8 Å². The predicted molar refractivity (Wildman–Crippen MR) is 182 cm³/mol. The number of hydrogen-bond acceptors (Lipinski definition) is 10. The van der Waals surface area contributed by atoms with E-state index in [4.69, 9.17) is 21.1 Å². The number of carbonyl (C=O) groups is 3. The van der Waals surface area contributed by atoms with Gasteiger partial charge in [-0.05, 0) is 79.1 Å². The predicted octanol–water partition coefficient (Wildman–Crippen LogP) is 6.43. The lowest BCUT2D eigenvalue weighted by atomic mass is 9.68. The summed E-state index contributed by atoms with van der Waals surface area (Å²) < 4.78 is 11.4. The van der Waals surface area contributed by atoms with Crippen LogP contribution in [0.25, 0.3) is 0 Å². The van der Waals surface area contributed by atoms with E-state index in [1.165, 1.54) is 28.8 Å². The summed E-state index contributed by atoms with van der Waals surface area (Å²) in [6.45, 7) is 2.10. The highest BCUT2D eigenvalue weighted by atomic mass is 35.5. The first-order valence-corrected chi connectivity index (χ1v) is 17.9. The Morgan fingerprint density at radius 2 is 1.80 bits per heavy atom. The number of nitrogens with one attached hydrogen (secondary N) is 1. The number of aromatic amines is 1. The van der Waals surface area contributed by atoms with Crippen LogP contribution in [0.4, 0.5) is 11.4 Å². The number of thioether (sulfide) groups is 1. The van der Waals surface area contributed by atoms with Crippen molar-refractivity contribution in [1.29, 1.82) is 0 Å². The number of halogens is 1. The van der Waals surface area contributed by atoms with Crippen molar-refractivity contribution >= 4 is 63.9 Å². The molecule has 14 heteroatoms. The molecule has 0 spiro atoms. The first-order chi connectivity index (χ1) is 23.6. The van der Waals surface area contributed by atoms with Crippen molar-refractivity contribution in [3.05, 3.63) is 113 Å². The van der Waals surface area contributed by atoms with Crippen LogP contribution in [0.15, 0.2) is 76.6 Å². The summed E-state index contributed by atoms with van der Waals surface area (Å²) in [6, 6.07) is 18.0. The molecule has 0 radical (unpaired) electrons. The summed E-state index contributed by atoms with van der Waals surface area (Å²) >= 11 is 8.79. The number of ether oxygens (including phenoxy) is 2. The van der Waals surface area contributed by atoms with E-state index in [1.54, 1.807) is 49.4 Å². The van der Waals surface area contributed by atoms with Crippen molar-refractivity contribution in [2.24, 2.45) is 29.6 Å². The Hall–Kier alpha value is -4.46. The van der Waals surface area contributed by atoms with Crippen LogP contribution < -0.4 is 14.5 Å². The summed E-state index contributed by atoms with van der Waals surface area (Å²) in [5.41, 5.74) is 1.97. The second-order valence-corrected chi connectivity index (χ2v) is 15.3. The van der Waals surface area contributed by atoms with Crippen LogP contribution in [-0.2, 0) is 20.9 Å². The SMILES string of the molecule is CCOC(=O)c1ccc(N2C(=O)C3C(C2=O)[C@@H]2C[C@H]3C3Sc4[nH]c(=O)sc4C(c4cc([N+](=O)[O-])ccc4OCc4cccc(Cl)c4)C32)cc1. The number of amides is 2. The molecule has 250 valence electrons. The van der Waals surface area contributed by atoms with Crippen molar-refractivity contribution in [3.8, 4) is 5.75 Å². The van der Waals surface area contributed by atoms with E-state index in [9.17, 15) is 29.3 Å². The zero-order valence-electron chi connectivity index (χ0n) is 25.9. The van der Waals surface area contributed by atoms with E-state index in [0.29, 0.717) is 39.0 Å². The second-order valence-electron chi connectivity index (χ2n) is 12.6. The van der Waals surface area contributed by atoms with E-state index < -0.39 is 28.6 Å². The molecular formula is C35H28ClN3O8S2. The molecule has 3 fully saturated rings. The van der Waals surface area contributed by atoms with Gasteiger partial charge in [-0.25, -0.2) is 4.79 Å². The Morgan fingerprint density at radius 1 is 1.04 bits per heavy atom. The molecule has 7 atom stereocenters. The van der Waals surface area contributed by atoms with Crippen LogP contribution in [0.1, 0.15) is 45.6 Å². The molecule has 1 aromatic heterocycles. The molecule has 4 aliphatic rings. The number of H-pyrrole nitrogens is 1. The first-order valence-electron chi connectivity index (χ1n) is 15.8. The molecule has 1 N–H and O–H groups in total.